The van der Waals surface area contributed by atoms with Crippen LogP contribution in [-0.4, -0.2) is 73.4 Å². The highest BCUT2D eigenvalue weighted by Gasteiger charge is 2.44. The van der Waals surface area contributed by atoms with E-state index in [0.717, 1.165) is 58.0 Å². The van der Waals surface area contributed by atoms with Crippen molar-refractivity contribution in [2.24, 2.45) is 11.8 Å². The van der Waals surface area contributed by atoms with Gasteiger partial charge in [-0.1, -0.05) is 6.58 Å². The van der Waals surface area contributed by atoms with Crippen LogP contribution in [0, 0.1) is 11.8 Å². The summed E-state index contributed by atoms with van der Waals surface area (Å²) in [5.74, 6) is 0.831. The summed E-state index contributed by atoms with van der Waals surface area (Å²) >= 11 is 0. The molecule has 5 heterocycles. The normalized spacial score (nSPS) is 41.9. The van der Waals surface area contributed by atoms with Crippen molar-refractivity contribution < 1.29 is 33.6 Å². The molecule has 5 rings (SSSR count). The van der Waals surface area contributed by atoms with Crippen molar-refractivity contribution in [3.63, 3.8) is 0 Å². The van der Waals surface area contributed by atoms with Crippen LogP contribution in [0.2, 0.25) is 0 Å². The molecule has 7 nitrogen and oxygen atoms in total. The summed E-state index contributed by atoms with van der Waals surface area (Å²) in [4.78, 5) is 12.5. The number of hydrogen-bond donors (Lipinski definition) is 1. The molecule has 0 aliphatic carbocycles. The second-order valence-corrected chi connectivity index (χ2v) is 11.3. The van der Waals surface area contributed by atoms with E-state index in [0.29, 0.717) is 38.4 Å². The molecule has 0 bridgehead atoms. The number of hydrogen-bond acceptors (Lipinski definition) is 7. The summed E-state index contributed by atoms with van der Waals surface area (Å²) in [5.41, 5.74) is 1.19. The predicted molar refractivity (Wildman–Crippen MR) is 130 cm³/mol. The van der Waals surface area contributed by atoms with E-state index in [4.69, 9.17) is 23.7 Å². The minimum Gasteiger partial charge on any atom is -0.498 e. The van der Waals surface area contributed by atoms with Gasteiger partial charge < -0.3 is 28.8 Å². The molecule has 7 heteroatoms. The Labute approximate surface area is 209 Å². The van der Waals surface area contributed by atoms with Gasteiger partial charge in [-0.3, -0.25) is 4.79 Å². The average Bonchev–Trinajstić information content (AvgIpc) is 3.44. The quantitative estimate of drug-likeness (QED) is 0.517. The number of carbonyl (C=O) groups excluding carboxylic acids is 1. The highest BCUT2D eigenvalue weighted by Crippen LogP contribution is 2.37. The zero-order chi connectivity index (χ0) is 24.2. The molecule has 0 aromatic rings. The molecule has 9 atom stereocenters. The second kappa shape index (κ2) is 11.9. The van der Waals surface area contributed by atoms with Gasteiger partial charge in [0, 0.05) is 38.4 Å². The number of fused-ring (bicyclic) bond motifs is 1. The average molecular weight is 491 g/mol. The third kappa shape index (κ3) is 6.75. The lowest BCUT2D eigenvalue weighted by Crippen LogP contribution is -2.55. The van der Waals surface area contributed by atoms with E-state index in [1.165, 1.54) is 5.57 Å². The molecule has 8 unspecified atom stereocenters. The van der Waals surface area contributed by atoms with E-state index in [1.807, 2.05) is 6.26 Å². The first kappa shape index (κ1) is 25.4. The van der Waals surface area contributed by atoms with Gasteiger partial charge in [-0.2, -0.15) is 0 Å². The monoisotopic (exact) mass is 490 g/mol. The van der Waals surface area contributed by atoms with Gasteiger partial charge in [0.15, 0.2) is 0 Å². The Morgan fingerprint density at radius 1 is 1.00 bits per heavy atom. The van der Waals surface area contributed by atoms with Crippen LogP contribution in [0.15, 0.2) is 24.5 Å². The van der Waals surface area contributed by atoms with Crippen molar-refractivity contribution in [1.82, 2.24) is 0 Å². The maximum atomic E-state index is 12.5. The van der Waals surface area contributed by atoms with Gasteiger partial charge in [0.1, 0.15) is 11.9 Å². The zero-order valence-corrected chi connectivity index (χ0v) is 20.9. The highest BCUT2D eigenvalue weighted by molar-refractivity contribution is 5.79. The van der Waals surface area contributed by atoms with E-state index < -0.39 is 6.10 Å². The Morgan fingerprint density at radius 2 is 1.86 bits per heavy atom. The number of ether oxygens (including phenoxy) is 5. The van der Waals surface area contributed by atoms with Crippen LogP contribution in [-0.2, 0) is 28.5 Å². The standard InChI is InChI=1S/C28H42O7/c1-18-12-23(33-16-18)5-4-22-3-2-20(9-11-32-22)27-15-25(30)28-26(35-27)7-6-24(34-28)14-21(29)13-19-8-10-31-17-19/h9,11,19-20,22-28,30H,1-8,10,12-17H2/t19?,20?,22?,23?,24?,25?,26?,27?,28-/m1/s1. The van der Waals surface area contributed by atoms with E-state index in [1.54, 1.807) is 0 Å². The van der Waals surface area contributed by atoms with Crippen LogP contribution < -0.4 is 0 Å². The number of carbonyl (C=O) groups is 1. The molecule has 0 saturated carbocycles. The van der Waals surface area contributed by atoms with Crippen LogP contribution >= 0.6 is 0 Å². The van der Waals surface area contributed by atoms with E-state index in [9.17, 15) is 9.90 Å². The molecule has 0 radical (unpaired) electrons. The Morgan fingerprint density at radius 3 is 2.66 bits per heavy atom. The first-order chi connectivity index (χ1) is 17.0. The molecule has 0 spiro atoms. The summed E-state index contributed by atoms with van der Waals surface area (Å²) < 4.78 is 29.9. The van der Waals surface area contributed by atoms with Crippen molar-refractivity contribution in [1.29, 1.82) is 0 Å². The molecule has 0 amide bonds. The number of rotatable bonds is 8. The summed E-state index contributed by atoms with van der Waals surface area (Å²) in [6, 6.07) is 0. The Kier molecular flexibility index (Phi) is 8.61. The van der Waals surface area contributed by atoms with Gasteiger partial charge in [-0.25, -0.2) is 0 Å². The molecule has 196 valence electrons. The lowest BCUT2D eigenvalue weighted by atomic mass is 9.84. The zero-order valence-electron chi connectivity index (χ0n) is 20.9. The van der Waals surface area contributed by atoms with Crippen molar-refractivity contribution in [3.05, 3.63) is 24.5 Å². The van der Waals surface area contributed by atoms with Gasteiger partial charge in [0.05, 0.1) is 49.5 Å². The lowest BCUT2D eigenvalue weighted by molar-refractivity contribution is -0.232. The van der Waals surface area contributed by atoms with Gasteiger partial charge in [-0.05, 0) is 68.9 Å². The van der Waals surface area contributed by atoms with Crippen molar-refractivity contribution >= 4 is 5.78 Å². The molecular formula is C28H42O7. The van der Waals surface area contributed by atoms with Crippen molar-refractivity contribution in [2.45, 2.75) is 113 Å². The van der Waals surface area contributed by atoms with Gasteiger partial charge in [0.25, 0.3) is 0 Å². The summed E-state index contributed by atoms with van der Waals surface area (Å²) in [6.45, 7) is 6.17. The molecule has 35 heavy (non-hydrogen) atoms. The maximum Gasteiger partial charge on any atom is 0.135 e. The van der Waals surface area contributed by atoms with Gasteiger partial charge in [-0.15, -0.1) is 0 Å². The largest absolute Gasteiger partial charge is 0.498 e. The lowest BCUT2D eigenvalue weighted by Gasteiger charge is -2.46. The van der Waals surface area contributed by atoms with E-state index in [2.05, 4.69) is 12.7 Å². The molecule has 5 aliphatic heterocycles. The minimum absolute atomic E-state index is 0.0320. The van der Waals surface area contributed by atoms with Gasteiger partial charge >= 0.3 is 0 Å². The molecule has 0 aromatic carbocycles. The fraction of sp³-hybridized carbons (Fsp3) is 0.821. The Balaban J connectivity index is 1.06. The molecule has 0 aromatic heterocycles. The first-order valence-corrected chi connectivity index (χ1v) is 13.7. The first-order valence-electron chi connectivity index (χ1n) is 13.7. The van der Waals surface area contributed by atoms with E-state index in [-0.39, 0.29) is 48.3 Å². The van der Waals surface area contributed by atoms with Crippen LogP contribution in [0.25, 0.3) is 0 Å². The predicted octanol–water partition coefficient (Wildman–Crippen LogP) is 3.87. The maximum absolute atomic E-state index is 12.5. The SMILES string of the molecule is C=C1COC(CCC2CCC(C3CC(O)[C@H]4OC(CC(=O)CC5CCOC5)CCC4O3)C=CO2)C1. The highest BCUT2D eigenvalue weighted by atomic mass is 16.6. The summed E-state index contributed by atoms with van der Waals surface area (Å²) in [5, 5.41) is 11.0. The molecule has 1 N–H and O–H groups in total. The van der Waals surface area contributed by atoms with Crippen LogP contribution in [0.5, 0.6) is 0 Å². The van der Waals surface area contributed by atoms with Crippen LogP contribution in [0.3, 0.4) is 0 Å². The van der Waals surface area contributed by atoms with Crippen molar-refractivity contribution in [2.75, 3.05) is 19.8 Å². The van der Waals surface area contributed by atoms with Gasteiger partial charge in [0.2, 0.25) is 0 Å². The minimum atomic E-state index is -0.569. The number of Topliss-reactive ketones (excluding diaryl/α,β-unsaturated/α-hetero) is 1. The topological polar surface area (TPSA) is 83.5 Å². The molecular weight excluding hydrogens is 448 g/mol. The summed E-state index contributed by atoms with van der Waals surface area (Å²) in [6.07, 6.45) is 12.3. The molecule has 4 saturated heterocycles. The smallest absolute Gasteiger partial charge is 0.135 e. The van der Waals surface area contributed by atoms with Crippen LogP contribution in [0.4, 0.5) is 0 Å². The fourth-order valence-electron chi connectivity index (χ4n) is 6.41. The third-order valence-electron chi connectivity index (χ3n) is 8.43. The third-order valence-corrected chi connectivity index (χ3v) is 8.43. The number of aliphatic hydroxyl groups is 1. The number of ketones is 1. The van der Waals surface area contributed by atoms with Crippen molar-refractivity contribution in [3.8, 4) is 0 Å². The second-order valence-electron chi connectivity index (χ2n) is 11.3. The summed E-state index contributed by atoms with van der Waals surface area (Å²) in [7, 11) is 0. The number of aliphatic hydroxyl groups excluding tert-OH is 1. The molecule has 5 aliphatic rings. The Bertz CT molecular complexity index is 760. The molecule has 4 fully saturated rings. The van der Waals surface area contributed by atoms with E-state index >= 15 is 0 Å². The Hall–Kier alpha value is -1.25. The van der Waals surface area contributed by atoms with Crippen LogP contribution in [0.1, 0.15) is 70.6 Å². The fourth-order valence-corrected chi connectivity index (χ4v) is 6.41.